The standard InChI is InChI=1S/C13H18N2O2/c1-16-9-10-17-8-4-7-15-11-14-12-5-2-3-6-13(12)15/h2-3,5-6,11H,4,7-10H2,1H3. The fraction of sp³-hybridized carbons (Fsp3) is 0.462. The number of hydrogen-bond acceptors (Lipinski definition) is 3. The largest absolute Gasteiger partial charge is 0.382 e. The van der Waals surface area contributed by atoms with Crippen LogP contribution in [0, 0.1) is 0 Å². The van der Waals surface area contributed by atoms with E-state index in [4.69, 9.17) is 9.47 Å². The van der Waals surface area contributed by atoms with Gasteiger partial charge < -0.3 is 14.0 Å². The lowest BCUT2D eigenvalue weighted by atomic mass is 10.3. The summed E-state index contributed by atoms with van der Waals surface area (Å²) >= 11 is 0. The number of ether oxygens (including phenoxy) is 2. The molecule has 2 rings (SSSR count). The molecule has 17 heavy (non-hydrogen) atoms. The van der Waals surface area contributed by atoms with Gasteiger partial charge in [-0.3, -0.25) is 0 Å². The van der Waals surface area contributed by atoms with Crippen LogP contribution in [-0.4, -0.2) is 36.5 Å². The smallest absolute Gasteiger partial charge is 0.0958 e. The molecule has 1 heterocycles. The van der Waals surface area contributed by atoms with Gasteiger partial charge in [0.25, 0.3) is 0 Å². The molecule has 0 atom stereocenters. The van der Waals surface area contributed by atoms with Gasteiger partial charge in [0.05, 0.1) is 30.6 Å². The zero-order valence-corrected chi connectivity index (χ0v) is 10.1. The molecule has 0 bridgehead atoms. The molecule has 0 unspecified atom stereocenters. The molecular formula is C13H18N2O2. The van der Waals surface area contributed by atoms with Crippen molar-refractivity contribution in [1.29, 1.82) is 0 Å². The van der Waals surface area contributed by atoms with Crippen LogP contribution in [0.5, 0.6) is 0 Å². The van der Waals surface area contributed by atoms with Gasteiger partial charge in [-0.2, -0.15) is 0 Å². The van der Waals surface area contributed by atoms with Gasteiger partial charge in [0.1, 0.15) is 0 Å². The first-order valence-electron chi connectivity index (χ1n) is 5.88. The second-order valence-electron chi connectivity index (χ2n) is 3.89. The number of hydrogen-bond donors (Lipinski definition) is 0. The van der Waals surface area contributed by atoms with E-state index in [1.807, 2.05) is 24.5 Å². The fourth-order valence-corrected chi connectivity index (χ4v) is 1.77. The number of aryl methyl sites for hydroxylation is 1. The molecule has 0 N–H and O–H groups in total. The second kappa shape index (κ2) is 6.37. The lowest BCUT2D eigenvalue weighted by Crippen LogP contribution is -2.05. The molecule has 4 nitrogen and oxygen atoms in total. The van der Waals surface area contributed by atoms with Crippen molar-refractivity contribution < 1.29 is 9.47 Å². The summed E-state index contributed by atoms with van der Waals surface area (Å²) in [5, 5.41) is 0. The van der Waals surface area contributed by atoms with Crippen molar-refractivity contribution in [2.24, 2.45) is 0 Å². The van der Waals surface area contributed by atoms with Crippen LogP contribution < -0.4 is 0 Å². The number of methoxy groups -OCH3 is 1. The number of imidazole rings is 1. The third kappa shape index (κ3) is 3.28. The molecule has 1 aromatic carbocycles. The predicted octanol–water partition coefficient (Wildman–Crippen LogP) is 2.09. The Morgan fingerprint density at radius 3 is 2.94 bits per heavy atom. The van der Waals surface area contributed by atoms with Crippen molar-refractivity contribution in [2.45, 2.75) is 13.0 Å². The number of rotatable bonds is 7. The van der Waals surface area contributed by atoms with Crippen LogP contribution in [0.15, 0.2) is 30.6 Å². The maximum Gasteiger partial charge on any atom is 0.0958 e. The van der Waals surface area contributed by atoms with Crippen molar-refractivity contribution in [1.82, 2.24) is 9.55 Å². The van der Waals surface area contributed by atoms with E-state index in [2.05, 4.69) is 15.6 Å². The Morgan fingerprint density at radius 1 is 1.18 bits per heavy atom. The molecule has 0 fully saturated rings. The minimum Gasteiger partial charge on any atom is -0.382 e. The molecular weight excluding hydrogens is 216 g/mol. The molecule has 0 aliphatic rings. The van der Waals surface area contributed by atoms with Crippen LogP contribution in [0.25, 0.3) is 11.0 Å². The van der Waals surface area contributed by atoms with Crippen molar-refractivity contribution in [3.05, 3.63) is 30.6 Å². The summed E-state index contributed by atoms with van der Waals surface area (Å²) in [6.07, 6.45) is 2.88. The van der Waals surface area contributed by atoms with Crippen molar-refractivity contribution in [3.8, 4) is 0 Å². The van der Waals surface area contributed by atoms with E-state index >= 15 is 0 Å². The van der Waals surface area contributed by atoms with Crippen LogP contribution in [0.3, 0.4) is 0 Å². The molecule has 0 aliphatic heterocycles. The van der Waals surface area contributed by atoms with Gasteiger partial charge in [-0.1, -0.05) is 12.1 Å². The molecule has 4 heteroatoms. The maximum atomic E-state index is 5.43. The fourth-order valence-electron chi connectivity index (χ4n) is 1.77. The van der Waals surface area contributed by atoms with E-state index in [1.165, 1.54) is 5.52 Å². The number of nitrogens with zero attached hydrogens (tertiary/aromatic N) is 2. The average molecular weight is 234 g/mol. The van der Waals surface area contributed by atoms with E-state index in [0.29, 0.717) is 13.2 Å². The van der Waals surface area contributed by atoms with Gasteiger partial charge in [-0.25, -0.2) is 4.98 Å². The summed E-state index contributed by atoms with van der Waals surface area (Å²) < 4.78 is 12.5. The van der Waals surface area contributed by atoms with Crippen LogP contribution >= 0.6 is 0 Å². The quantitative estimate of drug-likeness (QED) is 0.688. The van der Waals surface area contributed by atoms with E-state index in [-0.39, 0.29) is 0 Å². The first-order chi connectivity index (χ1) is 8.42. The third-order valence-electron chi connectivity index (χ3n) is 2.65. The Balaban J connectivity index is 1.79. The van der Waals surface area contributed by atoms with Gasteiger partial charge in [-0.15, -0.1) is 0 Å². The monoisotopic (exact) mass is 234 g/mol. The highest BCUT2D eigenvalue weighted by atomic mass is 16.5. The van der Waals surface area contributed by atoms with Crippen molar-refractivity contribution >= 4 is 11.0 Å². The minimum absolute atomic E-state index is 0.661. The van der Waals surface area contributed by atoms with E-state index in [0.717, 1.165) is 25.1 Å². The van der Waals surface area contributed by atoms with Gasteiger partial charge in [0, 0.05) is 20.3 Å². The minimum atomic E-state index is 0.661. The normalized spacial score (nSPS) is 11.1. The summed E-state index contributed by atoms with van der Waals surface area (Å²) in [6, 6.07) is 8.16. The SMILES string of the molecule is COCCOCCCn1cnc2ccccc21. The maximum absolute atomic E-state index is 5.43. The Kier molecular flexibility index (Phi) is 4.53. The topological polar surface area (TPSA) is 36.3 Å². The molecule has 0 saturated heterocycles. The number of para-hydroxylation sites is 2. The molecule has 0 radical (unpaired) electrons. The lowest BCUT2D eigenvalue weighted by molar-refractivity contribution is 0.0681. The van der Waals surface area contributed by atoms with Gasteiger partial charge in [0.2, 0.25) is 0 Å². The molecule has 0 saturated carbocycles. The second-order valence-corrected chi connectivity index (χ2v) is 3.89. The number of benzene rings is 1. The summed E-state index contributed by atoms with van der Waals surface area (Å²) in [5.41, 5.74) is 2.23. The molecule has 0 amide bonds. The van der Waals surface area contributed by atoms with Gasteiger partial charge in [-0.05, 0) is 18.6 Å². The molecule has 1 aromatic heterocycles. The first-order valence-corrected chi connectivity index (χ1v) is 5.88. The predicted molar refractivity (Wildman–Crippen MR) is 67.0 cm³/mol. The first kappa shape index (κ1) is 12.1. The Morgan fingerprint density at radius 2 is 2.06 bits per heavy atom. The van der Waals surface area contributed by atoms with Gasteiger partial charge in [0.15, 0.2) is 0 Å². The lowest BCUT2D eigenvalue weighted by Gasteiger charge is -2.05. The van der Waals surface area contributed by atoms with E-state index in [9.17, 15) is 0 Å². The Bertz CT molecular complexity index is 453. The van der Waals surface area contributed by atoms with Gasteiger partial charge >= 0.3 is 0 Å². The summed E-state index contributed by atoms with van der Waals surface area (Å²) in [7, 11) is 1.68. The van der Waals surface area contributed by atoms with E-state index < -0.39 is 0 Å². The number of aromatic nitrogens is 2. The van der Waals surface area contributed by atoms with Crippen LogP contribution in [0.1, 0.15) is 6.42 Å². The highest BCUT2D eigenvalue weighted by Crippen LogP contribution is 2.11. The third-order valence-corrected chi connectivity index (χ3v) is 2.65. The van der Waals surface area contributed by atoms with Crippen molar-refractivity contribution in [2.75, 3.05) is 26.9 Å². The molecule has 0 aliphatic carbocycles. The number of fused-ring (bicyclic) bond motifs is 1. The molecule has 0 spiro atoms. The van der Waals surface area contributed by atoms with Crippen molar-refractivity contribution in [3.63, 3.8) is 0 Å². The van der Waals surface area contributed by atoms with Crippen LogP contribution in [0.4, 0.5) is 0 Å². The molecule has 2 aromatic rings. The Hall–Kier alpha value is -1.39. The Labute approximate surface area is 101 Å². The average Bonchev–Trinajstić information content (AvgIpc) is 2.77. The summed E-state index contributed by atoms with van der Waals surface area (Å²) in [5.74, 6) is 0. The zero-order valence-electron chi connectivity index (χ0n) is 10.1. The van der Waals surface area contributed by atoms with Crippen LogP contribution in [0.2, 0.25) is 0 Å². The zero-order chi connectivity index (χ0) is 11.9. The van der Waals surface area contributed by atoms with E-state index in [1.54, 1.807) is 7.11 Å². The highest BCUT2D eigenvalue weighted by molar-refractivity contribution is 5.74. The summed E-state index contributed by atoms with van der Waals surface area (Å²) in [4.78, 5) is 4.35. The highest BCUT2D eigenvalue weighted by Gasteiger charge is 2.00. The summed E-state index contributed by atoms with van der Waals surface area (Å²) in [6.45, 7) is 3.03. The molecule has 92 valence electrons. The van der Waals surface area contributed by atoms with Crippen LogP contribution in [-0.2, 0) is 16.0 Å².